The van der Waals surface area contributed by atoms with Crippen LogP contribution >= 0.6 is 0 Å². The molecule has 0 aliphatic heterocycles. The number of alkyl halides is 3. The third-order valence-corrected chi connectivity index (χ3v) is 2.83. The molecule has 0 aliphatic rings. The lowest BCUT2D eigenvalue weighted by Gasteiger charge is -2.08. The number of aryl methyl sites for hydroxylation is 2. The molecule has 20 heavy (non-hydrogen) atoms. The molecule has 0 fully saturated rings. The Balaban J connectivity index is 2.41. The zero-order chi connectivity index (χ0) is 14.8. The molecule has 0 unspecified atom stereocenters. The van der Waals surface area contributed by atoms with Crippen molar-refractivity contribution in [2.24, 2.45) is 0 Å². The molecule has 1 aromatic carbocycles. The molecule has 2 aromatic rings. The van der Waals surface area contributed by atoms with Crippen molar-refractivity contribution in [2.45, 2.75) is 32.9 Å². The fraction of sp³-hybridized carbons (Fsp3) is 0.357. The summed E-state index contributed by atoms with van der Waals surface area (Å²) in [4.78, 5) is 12.8. The highest BCUT2D eigenvalue weighted by Crippen LogP contribution is 2.30. The van der Waals surface area contributed by atoms with Crippen molar-refractivity contribution in [1.82, 2.24) is 15.0 Å². The van der Waals surface area contributed by atoms with Gasteiger partial charge in [0.15, 0.2) is 5.82 Å². The number of hydrogen-bond acceptors (Lipinski definition) is 3. The fourth-order valence-electron chi connectivity index (χ4n) is 1.72. The summed E-state index contributed by atoms with van der Waals surface area (Å²) in [6, 6.07) is 4.85. The average Bonchev–Trinajstić information content (AvgIpc) is 2.46. The Hall–Kier alpha value is -1.98. The summed E-state index contributed by atoms with van der Waals surface area (Å²) in [6.45, 7) is 3.84. The summed E-state index contributed by atoms with van der Waals surface area (Å²) in [5, 5.41) is 0. The Labute approximate surface area is 114 Å². The Morgan fingerprint density at radius 1 is 0.850 bits per heavy atom. The van der Waals surface area contributed by atoms with Gasteiger partial charge in [0.2, 0.25) is 0 Å². The molecule has 0 amide bonds. The van der Waals surface area contributed by atoms with Crippen molar-refractivity contribution in [3.8, 4) is 11.4 Å². The van der Waals surface area contributed by atoms with Gasteiger partial charge in [0, 0.05) is 18.4 Å². The summed E-state index contributed by atoms with van der Waals surface area (Å²) in [7, 11) is 0. The van der Waals surface area contributed by atoms with Crippen LogP contribution in [0.5, 0.6) is 0 Å². The first-order valence-electron chi connectivity index (χ1n) is 6.35. The lowest BCUT2D eigenvalue weighted by Crippen LogP contribution is -2.06. The van der Waals surface area contributed by atoms with Gasteiger partial charge in [-0.05, 0) is 12.1 Å². The van der Waals surface area contributed by atoms with E-state index in [1.165, 1.54) is 12.1 Å². The predicted octanol–water partition coefficient (Wildman–Crippen LogP) is 3.68. The Kier molecular flexibility index (Phi) is 4.01. The fourth-order valence-corrected chi connectivity index (χ4v) is 1.72. The molecule has 3 nitrogen and oxygen atoms in total. The summed E-state index contributed by atoms with van der Waals surface area (Å²) in [5.74, 6) is 1.71. The van der Waals surface area contributed by atoms with E-state index < -0.39 is 11.7 Å². The molecule has 0 spiro atoms. The molecule has 1 aromatic heterocycles. The highest BCUT2D eigenvalue weighted by molar-refractivity contribution is 5.55. The van der Waals surface area contributed by atoms with Crippen molar-refractivity contribution in [2.75, 3.05) is 0 Å². The zero-order valence-electron chi connectivity index (χ0n) is 11.2. The minimum absolute atomic E-state index is 0.419. The molecule has 2 rings (SSSR count). The Morgan fingerprint density at radius 3 is 1.75 bits per heavy atom. The maximum Gasteiger partial charge on any atom is 0.416 e. The normalized spacial score (nSPS) is 11.7. The summed E-state index contributed by atoms with van der Waals surface area (Å²) in [6.07, 6.45) is -3.02. The number of aromatic nitrogens is 3. The van der Waals surface area contributed by atoms with Gasteiger partial charge in [0.1, 0.15) is 11.6 Å². The number of nitrogens with zero attached hydrogens (tertiary/aromatic N) is 3. The number of benzene rings is 1. The van der Waals surface area contributed by atoms with Crippen LogP contribution in [0, 0.1) is 0 Å². The van der Waals surface area contributed by atoms with Crippen molar-refractivity contribution < 1.29 is 13.2 Å². The van der Waals surface area contributed by atoms with Gasteiger partial charge in [-0.15, -0.1) is 0 Å². The molecule has 0 bridgehead atoms. The van der Waals surface area contributed by atoms with Crippen LogP contribution in [0.25, 0.3) is 11.4 Å². The van der Waals surface area contributed by atoms with Gasteiger partial charge in [-0.25, -0.2) is 15.0 Å². The van der Waals surface area contributed by atoms with E-state index in [0.717, 1.165) is 12.1 Å². The lowest BCUT2D eigenvalue weighted by molar-refractivity contribution is -0.137. The molecular weight excluding hydrogens is 267 g/mol. The Morgan fingerprint density at radius 2 is 1.35 bits per heavy atom. The van der Waals surface area contributed by atoms with Gasteiger partial charge >= 0.3 is 6.18 Å². The molecule has 106 valence electrons. The van der Waals surface area contributed by atoms with E-state index in [1.54, 1.807) is 0 Å². The highest BCUT2D eigenvalue weighted by Gasteiger charge is 2.30. The summed E-state index contributed by atoms with van der Waals surface area (Å²) >= 11 is 0. The first-order valence-corrected chi connectivity index (χ1v) is 6.35. The first kappa shape index (κ1) is 14.4. The van der Waals surface area contributed by atoms with E-state index in [1.807, 2.05) is 13.8 Å². The van der Waals surface area contributed by atoms with E-state index in [2.05, 4.69) is 15.0 Å². The van der Waals surface area contributed by atoms with Crippen LogP contribution in [0.3, 0.4) is 0 Å². The monoisotopic (exact) mass is 281 g/mol. The van der Waals surface area contributed by atoms with Crippen LogP contribution in [0.4, 0.5) is 13.2 Å². The van der Waals surface area contributed by atoms with Crippen LogP contribution in [-0.2, 0) is 19.0 Å². The van der Waals surface area contributed by atoms with E-state index in [0.29, 0.717) is 35.9 Å². The van der Waals surface area contributed by atoms with Crippen LogP contribution in [0.1, 0.15) is 31.1 Å². The number of halogens is 3. The second kappa shape index (κ2) is 5.56. The van der Waals surface area contributed by atoms with Crippen molar-refractivity contribution in [1.29, 1.82) is 0 Å². The Bertz CT molecular complexity index is 569. The molecular formula is C14H14F3N3. The third-order valence-electron chi connectivity index (χ3n) is 2.83. The van der Waals surface area contributed by atoms with Gasteiger partial charge in [0.05, 0.1) is 5.56 Å². The molecule has 0 N–H and O–H groups in total. The molecule has 0 saturated heterocycles. The maximum absolute atomic E-state index is 12.5. The molecule has 0 saturated carbocycles. The second-order valence-electron chi connectivity index (χ2n) is 4.27. The quantitative estimate of drug-likeness (QED) is 0.861. The summed E-state index contributed by atoms with van der Waals surface area (Å²) < 4.78 is 37.6. The van der Waals surface area contributed by atoms with Crippen LogP contribution in [-0.4, -0.2) is 15.0 Å². The van der Waals surface area contributed by atoms with Crippen molar-refractivity contribution >= 4 is 0 Å². The molecule has 0 radical (unpaired) electrons. The lowest BCUT2D eigenvalue weighted by atomic mass is 10.1. The first-order chi connectivity index (χ1) is 9.44. The van der Waals surface area contributed by atoms with Gasteiger partial charge < -0.3 is 0 Å². The minimum Gasteiger partial charge on any atom is -0.218 e. The van der Waals surface area contributed by atoms with Crippen LogP contribution < -0.4 is 0 Å². The molecule has 0 atom stereocenters. The maximum atomic E-state index is 12.5. The van der Waals surface area contributed by atoms with Gasteiger partial charge in [-0.1, -0.05) is 26.0 Å². The second-order valence-corrected chi connectivity index (χ2v) is 4.27. The standard InChI is InChI=1S/C14H14F3N3/c1-3-11-18-12(4-2)20-13(19-11)9-5-7-10(8-6-9)14(15,16)17/h5-8H,3-4H2,1-2H3. The van der Waals surface area contributed by atoms with Crippen LogP contribution in [0.2, 0.25) is 0 Å². The minimum atomic E-state index is -4.33. The molecule has 0 aliphatic carbocycles. The van der Waals surface area contributed by atoms with E-state index >= 15 is 0 Å². The molecule has 1 heterocycles. The van der Waals surface area contributed by atoms with Gasteiger partial charge in [-0.2, -0.15) is 13.2 Å². The van der Waals surface area contributed by atoms with Crippen LogP contribution in [0.15, 0.2) is 24.3 Å². The largest absolute Gasteiger partial charge is 0.416 e. The average molecular weight is 281 g/mol. The molecule has 6 heteroatoms. The van der Waals surface area contributed by atoms with Crippen molar-refractivity contribution in [3.63, 3.8) is 0 Å². The van der Waals surface area contributed by atoms with E-state index in [9.17, 15) is 13.2 Å². The SMILES string of the molecule is CCc1nc(CC)nc(-c2ccc(C(F)(F)F)cc2)n1. The van der Waals surface area contributed by atoms with Gasteiger partial charge in [0.25, 0.3) is 0 Å². The van der Waals surface area contributed by atoms with Gasteiger partial charge in [-0.3, -0.25) is 0 Å². The third kappa shape index (κ3) is 3.12. The topological polar surface area (TPSA) is 38.7 Å². The van der Waals surface area contributed by atoms with E-state index in [-0.39, 0.29) is 0 Å². The van der Waals surface area contributed by atoms with E-state index in [4.69, 9.17) is 0 Å². The number of hydrogen-bond donors (Lipinski definition) is 0. The summed E-state index contributed by atoms with van der Waals surface area (Å²) in [5.41, 5.74) is -0.119. The number of rotatable bonds is 3. The highest BCUT2D eigenvalue weighted by atomic mass is 19.4. The smallest absolute Gasteiger partial charge is 0.218 e. The predicted molar refractivity (Wildman–Crippen MR) is 69.0 cm³/mol. The zero-order valence-corrected chi connectivity index (χ0v) is 11.2. The van der Waals surface area contributed by atoms with Crippen molar-refractivity contribution in [3.05, 3.63) is 41.5 Å².